The van der Waals surface area contributed by atoms with Crippen molar-refractivity contribution in [3.63, 3.8) is 0 Å². The van der Waals surface area contributed by atoms with Gasteiger partial charge in [-0.3, -0.25) is 0 Å². The van der Waals surface area contributed by atoms with Gasteiger partial charge >= 0.3 is 0 Å². The lowest BCUT2D eigenvalue weighted by Crippen LogP contribution is -1.91. The highest BCUT2D eigenvalue weighted by molar-refractivity contribution is 5.32. The zero-order valence-corrected chi connectivity index (χ0v) is 8.08. The number of hydrogen-bond donors (Lipinski definition) is 0. The van der Waals surface area contributed by atoms with Crippen LogP contribution in [0.15, 0.2) is 42.5 Å². The highest BCUT2D eigenvalue weighted by atomic mass is 19.2. The van der Waals surface area contributed by atoms with E-state index in [1.54, 1.807) is 0 Å². The van der Waals surface area contributed by atoms with Gasteiger partial charge in [-0.2, -0.15) is 4.39 Å². The van der Waals surface area contributed by atoms with Gasteiger partial charge in [0.25, 0.3) is 0 Å². The monoisotopic (exact) mass is 224 g/mol. The smallest absolute Gasteiger partial charge is 0.201 e. The first kappa shape index (κ1) is 10.5. The van der Waals surface area contributed by atoms with Crippen molar-refractivity contribution in [2.24, 2.45) is 0 Å². The third-order valence-electron chi connectivity index (χ3n) is 1.94. The van der Waals surface area contributed by atoms with Crippen LogP contribution in [-0.2, 0) is 0 Å². The Morgan fingerprint density at radius 1 is 0.875 bits per heavy atom. The summed E-state index contributed by atoms with van der Waals surface area (Å²) < 4.78 is 43.8. The molecule has 2 aromatic carbocycles. The molecule has 0 aromatic heterocycles. The van der Waals surface area contributed by atoms with E-state index in [1.165, 1.54) is 30.3 Å². The van der Waals surface area contributed by atoms with Crippen LogP contribution in [0.5, 0.6) is 11.5 Å². The summed E-state index contributed by atoms with van der Waals surface area (Å²) in [6.45, 7) is 0. The molecule has 2 rings (SSSR count). The molecule has 0 radical (unpaired) electrons. The number of benzene rings is 2. The molecule has 0 bridgehead atoms. The molecule has 0 heterocycles. The van der Waals surface area contributed by atoms with E-state index in [-0.39, 0.29) is 11.5 Å². The standard InChI is InChI=1S/C12H7F3O/c13-8-3-1-4-9(7-8)16-11-6-2-5-10(14)12(11)15/h1-7H. The van der Waals surface area contributed by atoms with Crippen molar-refractivity contribution < 1.29 is 17.9 Å². The van der Waals surface area contributed by atoms with Crippen molar-refractivity contribution >= 4 is 0 Å². The topological polar surface area (TPSA) is 9.23 Å². The van der Waals surface area contributed by atoms with Crippen LogP contribution in [0.1, 0.15) is 0 Å². The van der Waals surface area contributed by atoms with Crippen LogP contribution in [0.2, 0.25) is 0 Å². The summed E-state index contributed by atoms with van der Waals surface area (Å²) in [7, 11) is 0. The quantitative estimate of drug-likeness (QED) is 0.751. The van der Waals surface area contributed by atoms with Crippen LogP contribution < -0.4 is 4.74 Å². The number of ether oxygens (including phenoxy) is 1. The molecular weight excluding hydrogens is 217 g/mol. The molecule has 0 spiro atoms. The van der Waals surface area contributed by atoms with Gasteiger partial charge in [0.2, 0.25) is 5.82 Å². The molecule has 16 heavy (non-hydrogen) atoms. The van der Waals surface area contributed by atoms with Crippen LogP contribution >= 0.6 is 0 Å². The van der Waals surface area contributed by atoms with Crippen molar-refractivity contribution in [1.82, 2.24) is 0 Å². The average molecular weight is 224 g/mol. The average Bonchev–Trinajstić information content (AvgIpc) is 2.25. The van der Waals surface area contributed by atoms with E-state index < -0.39 is 17.5 Å². The predicted molar refractivity (Wildman–Crippen MR) is 52.8 cm³/mol. The second-order valence-corrected chi connectivity index (χ2v) is 3.11. The highest BCUT2D eigenvalue weighted by Crippen LogP contribution is 2.25. The van der Waals surface area contributed by atoms with Crippen LogP contribution in [0, 0.1) is 17.5 Å². The maximum Gasteiger partial charge on any atom is 0.201 e. The molecule has 0 unspecified atom stereocenters. The molecule has 1 nitrogen and oxygen atoms in total. The summed E-state index contributed by atoms with van der Waals surface area (Å²) in [6, 6.07) is 8.75. The summed E-state index contributed by atoms with van der Waals surface area (Å²) in [5, 5.41) is 0. The Morgan fingerprint density at radius 3 is 2.38 bits per heavy atom. The van der Waals surface area contributed by atoms with Gasteiger partial charge in [0.1, 0.15) is 11.6 Å². The summed E-state index contributed by atoms with van der Waals surface area (Å²) in [4.78, 5) is 0. The molecule has 82 valence electrons. The van der Waals surface area contributed by atoms with Crippen molar-refractivity contribution in [1.29, 1.82) is 0 Å². The Hall–Kier alpha value is -1.97. The Labute approximate surface area is 90.1 Å². The summed E-state index contributed by atoms with van der Waals surface area (Å²) in [6.07, 6.45) is 0. The van der Waals surface area contributed by atoms with E-state index in [0.717, 1.165) is 12.1 Å². The second-order valence-electron chi connectivity index (χ2n) is 3.11. The predicted octanol–water partition coefficient (Wildman–Crippen LogP) is 3.90. The molecule has 0 N–H and O–H groups in total. The third-order valence-corrected chi connectivity index (χ3v) is 1.94. The van der Waals surface area contributed by atoms with Gasteiger partial charge in [-0.25, -0.2) is 8.78 Å². The first-order chi connectivity index (χ1) is 7.66. The van der Waals surface area contributed by atoms with E-state index in [0.29, 0.717) is 0 Å². The van der Waals surface area contributed by atoms with Crippen LogP contribution in [0.4, 0.5) is 13.2 Å². The number of halogens is 3. The molecule has 0 atom stereocenters. The second kappa shape index (κ2) is 4.26. The third kappa shape index (κ3) is 2.16. The van der Waals surface area contributed by atoms with E-state index >= 15 is 0 Å². The minimum absolute atomic E-state index is 0.115. The zero-order valence-electron chi connectivity index (χ0n) is 8.08. The minimum atomic E-state index is -1.09. The van der Waals surface area contributed by atoms with Crippen LogP contribution in [0.3, 0.4) is 0 Å². The van der Waals surface area contributed by atoms with Gasteiger partial charge in [-0.1, -0.05) is 12.1 Å². The molecule has 0 amide bonds. The van der Waals surface area contributed by atoms with Gasteiger partial charge in [0.05, 0.1) is 0 Å². The van der Waals surface area contributed by atoms with Gasteiger partial charge in [-0.15, -0.1) is 0 Å². The lowest BCUT2D eigenvalue weighted by atomic mass is 10.3. The fourth-order valence-electron chi connectivity index (χ4n) is 1.22. The van der Waals surface area contributed by atoms with Gasteiger partial charge in [-0.05, 0) is 24.3 Å². The molecule has 2 aromatic rings. The SMILES string of the molecule is Fc1cccc(Oc2cccc(F)c2F)c1. The first-order valence-corrected chi connectivity index (χ1v) is 4.54. The Balaban J connectivity index is 2.31. The van der Waals surface area contributed by atoms with E-state index in [1.807, 2.05) is 0 Å². The Bertz CT molecular complexity index is 511. The molecule has 0 aliphatic heterocycles. The van der Waals surface area contributed by atoms with E-state index in [9.17, 15) is 13.2 Å². The number of rotatable bonds is 2. The van der Waals surface area contributed by atoms with Crippen molar-refractivity contribution in [2.75, 3.05) is 0 Å². The first-order valence-electron chi connectivity index (χ1n) is 4.54. The molecule has 0 saturated carbocycles. The van der Waals surface area contributed by atoms with Crippen LogP contribution in [-0.4, -0.2) is 0 Å². The molecule has 0 aliphatic carbocycles. The summed E-state index contributed by atoms with van der Waals surface area (Å²) >= 11 is 0. The minimum Gasteiger partial charge on any atom is -0.454 e. The Kier molecular flexibility index (Phi) is 2.81. The fourth-order valence-corrected chi connectivity index (χ4v) is 1.22. The summed E-state index contributed by atoms with van der Waals surface area (Å²) in [5.74, 6) is -2.76. The van der Waals surface area contributed by atoms with E-state index in [2.05, 4.69) is 0 Å². The maximum absolute atomic E-state index is 13.2. The van der Waals surface area contributed by atoms with Crippen molar-refractivity contribution in [3.05, 3.63) is 59.9 Å². The maximum atomic E-state index is 13.2. The summed E-state index contributed by atoms with van der Waals surface area (Å²) in [5.41, 5.74) is 0. The van der Waals surface area contributed by atoms with E-state index in [4.69, 9.17) is 4.74 Å². The molecule has 0 fully saturated rings. The van der Waals surface area contributed by atoms with Crippen LogP contribution in [0.25, 0.3) is 0 Å². The molecule has 4 heteroatoms. The normalized spacial score (nSPS) is 10.2. The van der Waals surface area contributed by atoms with Gasteiger partial charge < -0.3 is 4.74 Å². The molecule has 0 aliphatic rings. The lowest BCUT2D eigenvalue weighted by molar-refractivity contribution is 0.414. The molecular formula is C12H7F3O. The zero-order chi connectivity index (χ0) is 11.5. The van der Waals surface area contributed by atoms with Crippen molar-refractivity contribution in [2.45, 2.75) is 0 Å². The van der Waals surface area contributed by atoms with Gasteiger partial charge in [0, 0.05) is 6.07 Å². The lowest BCUT2D eigenvalue weighted by Gasteiger charge is -2.06. The largest absolute Gasteiger partial charge is 0.454 e. The van der Waals surface area contributed by atoms with Gasteiger partial charge in [0.15, 0.2) is 11.6 Å². The highest BCUT2D eigenvalue weighted by Gasteiger charge is 2.09. The number of hydrogen-bond acceptors (Lipinski definition) is 1. The fraction of sp³-hybridized carbons (Fsp3) is 0. The Morgan fingerprint density at radius 2 is 1.62 bits per heavy atom. The molecule has 0 saturated heterocycles. The van der Waals surface area contributed by atoms with Crippen molar-refractivity contribution in [3.8, 4) is 11.5 Å².